The van der Waals surface area contributed by atoms with Gasteiger partial charge in [-0.25, -0.2) is 4.98 Å². The molecular weight excluding hydrogens is 176 g/mol. The predicted molar refractivity (Wildman–Crippen MR) is 56.1 cm³/mol. The van der Waals surface area contributed by atoms with E-state index in [1.807, 2.05) is 30.7 Å². The van der Waals surface area contributed by atoms with Crippen molar-refractivity contribution in [2.24, 2.45) is 7.05 Å². The Morgan fingerprint density at radius 3 is 2.79 bits per heavy atom. The highest BCUT2D eigenvalue weighted by Crippen LogP contribution is 2.19. The zero-order valence-electron chi connectivity index (χ0n) is 8.65. The SMILES string of the molecule is Cc1ccc2c(c1)nc(C(C)O)n2C. The van der Waals surface area contributed by atoms with Gasteiger partial charge in [-0.15, -0.1) is 0 Å². The zero-order chi connectivity index (χ0) is 10.3. The molecule has 1 heterocycles. The topological polar surface area (TPSA) is 38.1 Å². The Hall–Kier alpha value is -1.35. The van der Waals surface area contributed by atoms with Crippen LogP contribution in [0.25, 0.3) is 11.0 Å². The molecule has 0 aliphatic heterocycles. The fourth-order valence-electron chi connectivity index (χ4n) is 1.70. The smallest absolute Gasteiger partial charge is 0.138 e. The van der Waals surface area contributed by atoms with Crippen LogP contribution in [-0.2, 0) is 7.05 Å². The summed E-state index contributed by atoms with van der Waals surface area (Å²) in [6.45, 7) is 3.77. The van der Waals surface area contributed by atoms with Crippen molar-refractivity contribution in [1.82, 2.24) is 9.55 Å². The molecule has 0 saturated carbocycles. The van der Waals surface area contributed by atoms with E-state index in [4.69, 9.17) is 0 Å². The highest BCUT2D eigenvalue weighted by molar-refractivity contribution is 5.76. The lowest BCUT2D eigenvalue weighted by molar-refractivity contribution is 0.186. The third-order valence-corrected chi connectivity index (χ3v) is 2.44. The molecule has 1 atom stereocenters. The molecule has 1 aromatic carbocycles. The third kappa shape index (κ3) is 1.30. The first-order chi connectivity index (χ1) is 6.59. The third-order valence-electron chi connectivity index (χ3n) is 2.44. The van der Waals surface area contributed by atoms with Gasteiger partial charge in [0, 0.05) is 7.05 Å². The summed E-state index contributed by atoms with van der Waals surface area (Å²) in [6, 6.07) is 6.11. The maximum absolute atomic E-state index is 9.49. The van der Waals surface area contributed by atoms with Gasteiger partial charge in [0.25, 0.3) is 0 Å². The molecule has 3 heteroatoms. The Morgan fingerprint density at radius 2 is 2.14 bits per heavy atom. The quantitative estimate of drug-likeness (QED) is 0.746. The van der Waals surface area contributed by atoms with Gasteiger partial charge < -0.3 is 9.67 Å². The summed E-state index contributed by atoms with van der Waals surface area (Å²) in [5, 5.41) is 9.49. The van der Waals surface area contributed by atoms with Gasteiger partial charge in [0.2, 0.25) is 0 Å². The highest BCUT2D eigenvalue weighted by atomic mass is 16.3. The molecule has 0 aliphatic rings. The number of fused-ring (bicyclic) bond motifs is 1. The lowest BCUT2D eigenvalue weighted by Crippen LogP contribution is -2.01. The lowest BCUT2D eigenvalue weighted by atomic mass is 10.2. The van der Waals surface area contributed by atoms with E-state index in [0.29, 0.717) is 5.82 Å². The number of imidazole rings is 1. The second kappa shape index (κ2) is 3.10. The Morgan fingerprint density at radius 1 is 1.43 bits per heavy atom. The number of aliphatic hydroxyl groups excluding tert-OH is 1. The van der Waals surface area contributed by atoms with Gasteiger partial charge in [0.15, 0.2) is 0 Å². The predicted octanol–water partition coefficient (Wildman–Crippen LogP) is 1.94. The fraction of sp³-hybridized carbons (Fsp3) is 0.364. The van der Waals surface area contributed by atoms with Gasteiger partial charge in [0.05, 0.1) is 11.0 Å². The summed E-state index contributed by atoms with van der Waals surface area (Å²) in [5.74, 6) is 0.714. The molecule has 0 spiro atoms. The molecule has 3 nitrogen and oxygen atoms in total. The average Bonchev–Trinajstić information content (AvgIpc) is 2.43. The van der Waals surface area contributed by atoms with Crippen LogP contribution in [0.2, 0.25) is 0 Å². The first-order valence-corrected chi connectivity index (χ1v) is 4.70. The van der Waals surface area contributed by atoms with Crippen LogP contribution in [0, 0.1) is 6.92 Å². The van der Waals surface area contributed by atoms with E-state index in [1.165, 1.54) is 5.56 Å². The first-order valence-electron chi connectivity index (χ1n) is 4.70. The Kier molecular flexibility index (Phi) is 2.04. The molecule has 1 aromatic heterocycles. The fourth-order valence-corrected chi connectivity index (χ4v) is 1.70. The highest BCUT2D eigenvalue weighted by Gasteiger charge is 2.11. The molecule has 0 saturated heterocycles. The number of nitrogens with zero attached hydrogens (tertiary/aromatic N) is 2. The Bertz CT molecular complexity index is 471. The molecule has 1 N–H and O–H groups in total. The van der Waals surface area contributed by atoms with Crippen molar-refractivity contribution in [3.8, 4) is 0 Å². The van der Waals surface area contributed by atoms with E-state index >= 15 is 0 Å². The van der Waals surface area contributed by atoms with Crippen LogP contribution in [0.4, 0.5) is 0 Å². The van der Waals surface area contributed by atoms with E-state index in [-0.39, 0.29) is 0 Å². The van der Waals surface area contributed by atoms with Gasteiger partial charge in [-0.2, -0.15) is 0 Å². The maximum atomic E-state index is 9.49. The van der Waals surface area contributed by atoms with Gasteiger partial charge in [0.1, 0.15) is 11.9 Å². The maximum Gasteiger partial charge on any atom is 0.138 e. The number of aliphatic hydroxyl groups is 1. The number of hydrogen-bond acceptors (Lipinski definition) is 2. The minimum Gasteiger partial charge on any atom is -0.385 e. The summed E-state index contributed by atoms with van der Waals surface area (Å²) in [5.41, 5.74) is 3.20. The van der Waals surface area contributed by atoms with E-state index in [1.54, 1.807) is 6.92 Å². The van der Waals surface area contributed by atoms with Crippen molar-refractivity contribution in [3.05, 3.63) is 29.6 Å². The van der Waals surface area contributed by atoms with Crippen LogP contribution in [0.1, 0.15) is 24.4 Å². The minimum absolute atomic E-state index is 0.521. The van der Waals surface area contributed by atoms with E-state index in [9.17, 15) is 5.11 Å². The monoisotopic (exact) mass is 190 g/mol. The Labute approximate surface area is 83.0 Å². The Balaban J connectivity index is 2.73. The van der Waals surface area contributed by atoms with E-state index in [0.717, 1.165) is 11.0 Å². The average molecular weight is 190 g/mol. The van der Waals surface area contributed by atoms with Crippen LogP contribution in [0.15, 0.2) is 18.2 Å². The van der Waals surface area contributed by atoms with Crippen LogP contribution < -0.4 is 0 Å². The van der Waals surface area contributed by atoms with Crippen molar-refractivity contribution in [2.75, 3.05) is 0 Å². The molecule has 74 valence electrons. The van der Waals surface area contributed by atoms with Crippen molar-refractivity contribution < 1.29 is 5.11 Å². The summed E-state index contributed by atoms with van der Waals surface area (Å²) in [4.78, 5) is 4.39. The van der Waals surface area contributed by atoms with Crippen LogP contribution in [0.5, 0.6) is 0 Å². The van der Waals surface area contributed by atoms with Gasteiger partial charge in [-0.1, -0.05) is 6.07 Å². The van der Waals surface area contributed by atoms with Crippen LogP contribution in [0.3, 0.4) is 0 Å². The molecule has 0 fully saturated rings. The second-order valence-electron chi connectivity index (χ2n) is 3.70. The van der Waals surface area contributed by atoms with Gasteiger partial charge in [-0.05, 0) is 31.5 Å². The number of benzene rings is 1. The summed E-state index contributed by atoms with van der Waals surface area (Å²) >= 11 is 0. The number of aromatic nitrogens is 2. The standard InChI is InChI=1S/C11H14N2O/c1-7-4-5-10-9(6-7)12-11(8(2)14)13(10)3/h4-6,8,14H,1-3H3. The molecule has 1 unspecified atom stereocenters. The van der Waals surface area contributed by atoms with Crippen molar-refractivity contribution in [1.29, 1.82) is 0 Å². The number of hydrogen-bond donors (Lipinski definition) is 1. The molecule has 2 aromatic rings. The van der Waals surface area contributed by atoms with Gasteiger partial charge >= 0.3 is 0 Å². The molecule has 0 bridgehead atoms. The molecular formula is C11H14N2O. The number of rotatable bonds is 1. The summed E-state index contributed by atoms with van der Waals surface area (Å²) in [7, 11) is 1.92. The first kappa shape index (κ1) is 9.21. The van der Waals surface area contributed by atoms with Crippen molar-refractivity contribution in [3.63, 3.8) is 0 Å². The second-order valence-corrected chi connectivity index (χ2v) is 3.70. The van der Waals surface area contributed by atoms with Crippen LogP contribution in [-0.4, -0.2) is 14.7 Å². The van der Waals surface area contributed by atoms with Crippen LogP contribution >= 0.6 is 0 Å². The summed E-state index contributed by atoms with van der Waals surface area (Å²) in [6.07, 6.45) is -0.521. The van der Waals surface area contributed by atoms with Crippen molar-refractivity contribution in [2.45, 2.75) is 20.0 Å². The normalized spacial score (nSPS) is 13.4. The molecule has 0 amide bonds. The van der Waals surface area contributed by atoms with E-state index in [2.05, 4.69) is 11.1 Å². The largest absolute Gasteiger partial charge is 0.385 e. The van der Waals surface area contributed by atoms with E-state index < -0.39 is 6.10 Å². The molecule has 2 rings (SSSR count). The molecule has 14 heavy (non-hydrogen) atoms. The lowest BCUT2D eigenvalue weighted by Gasteiger charge is -2.03. The van der Waals surface area contributed by atoms with Crippen molar-refractivity contribution >= 4 is 11.0 Å². The molecule has 0 aliphatic carbocycles. The minimum atomic E-state index is -0.521. The van der Waals surface area contributed by atoms with Gasteiger partial charge in [-0.3, -0.25) is 0 Å². The number of aryl methyl sites for hydroxylation is 2. The molecule has 0 radical (unpaired) electrons. The summed E-state index contributed by atoms with van der Waals surface area (Å²) < 4.78 is 1.93. The zero-order valence-corrected chi connectivity index (χ0v) is 8.65.